The molecule has 1 aromatic rings. The highest BCUT2D eigenvalue weighted by Crippen LogP contribution is 2.46. The average Bonchev–Trinajstić information content (AvgIpc) is 3.12. The Hall–Kier alpha value is -0.950. The zero-order chi connectivity index (χ0) is 23.9. The van der Waals surface area contributed by atoms with Crippen molar-refractivity contribution in [1.82, 2.24) is 10.2 Å². The molecule has 1 saturated carbocycles. The molecule has 5 nitrogen and oxygen atoms in total. The van der Waals surface area contributed by atoms with Crippen LogP contribution >= 0.6 is 11.3 Å². The number of fused-ring (bicyclic) bond motifs is 2. The molecule has 1 amide bonds. The number of nitrogens with one attached hydrogen (secondary N) is 1. The summed E-state index contributed by atoms with van der Waals surface area (Å²) in [5, 5.41) is 3.35. The van der Waals surface area contributed by atoms with E-state index >= 15 is 0 Å². The number of amides is 1. The van der Waals surface area contributed by atoms with E-state index in [0.29, 0.717) is 24.6 Å². The molecule has 1 aromatic heterocycles. The van der Waals surface area contributed by atoms with Crippen LogP contribution in [0.15, 0.2) is 6.07 Å². The summed E-state index contributed by atoms with van der Waals surface area (Å²) in [5.74, 6) is 1.07. The number of likely N-dealkylation sites (tertiary alicyclic amines) is 1. The Morgan fingerprint density at radius 1 is 1.24 bits per heavy atom. The molecule has 4 aliphatic rings. The molecule has 3 aliphatic heterocycles. The molecule has 1 aliphatic carbocycles. The summed E-state index contributed by atoms with van der Waals surface area (Å²) in [5.41, 5.74) is 1.36. The van der Waals surface area contributed by atoms with Gasteiger partial charge in [-0.05, 0) is 89.7 Å². The number of thiophene rings is 1. The minimum Gasteiger partial charge on any atom is -0.376 e. The molecule has 0 aromatic carbocycles. The Bertz CT molecular complexity index is 884. The van der Waals surface area contributed by atoms with Gasteiger partial charge in [-0.2, -0.15) is 0 Å². The quantitative estimate of drug-likeness (QED) is 0.609. The lowest BCUT2D eigenvalue weighted by molar-refractivity contribution is -0.127. The number of aryl methyl sites for hydroxylation is 1. The number of hydrogen-bond donors (Lipinski definition) is 1. The number of carbonyl (C=O) groups excluding carboxylic acids is 1. The second kappa shape index (κ2) is 9.84. The van der Waals surface area contributed by atoms with Crippen LogP contribution in [-0.4, -0.2) is 54.8 Å². The molecule has 34 heavy (non-hydrogen) atoms. The number of carbonyl (C=O) groups is 1. The normalized spacial score (nSPS) is 35.9. The van der Waals surface area contributed by atoms with Crippen LogP contribution in [0.3, 0.4) is 0 Å². The summed E-state index contributed by atoms with van der Waals surface area (Å²) < 4.78 is 12.4. The van der Waals surface area contributed by atoms with Crippen molar-refractivity contribution < 1.29 is 15.7 Å². The first-order chi connectivity index (χ1) is 16.3. The molecule has 5 rings (SSSR count). The molecule has 2 saturated heterocycles. The first kappa shape index (κ1) is 24.7. The number of rotatable bonds is 5. The van der Waals surface area contributed by atoms with Gasteiger partial charge in [0.2, 0.25) is 5.91 Å². The Labute approximate surface area is 211 Å². The Morgan fingerprint density at radius 2 is 2.06 bits per heavy atom. The molecule has 4 heterocycles. The van der Waals surface area contributed by atoms with Gasteiger partial charge in [0.15, 0.2) is 0 Å². The highest BCUT2D eigenvalue weighted by Gasteiger charge is 2.45. The van der Waals surface area contributed by atoms with Crippen LogP contribution in [0.2, 0.25) is 0 Å². The highest BCUT2D eigenvalue weighted by atomic mass is 32.1. The smallest absolute Gasteiger partial charge is 0.223 e. The number of nitrogens with zero attached hydrogens (tertiary/aromatic N) is 1. The van der Waals surface area contributed by atoms with Crippen molar-refractivity contribution in [3.05, 3.63) is 21.4 Å². The van der Waals surface area contributed by atoms with Gasteiger partial charge in [0.1, 0.15) is 0 Å². The number of hydrogen-bond acceptors (Lipinski definition) is 5. The summed E-state index contributed by atoms with van der Waals surface area (Å²) in [6.45, 7) is 12.8. The van der Waals surface area contributed by atoms with Crippen molar-refractivity contribution >= 4 is 17.2 Å². The van der Waals surface area contributed by atoms with Gasteiger partial charge < -0.3 is 19.7 Å². The van der Waals surface area contributed by atoms with Crippen molar-refractivity contribution in [2.45, 2.75) is 109 Å². The van der Waals surface area contributed by atoms with Crippen LogP contribution in [0.25, 0.3) is 0 Å². The molecular weight excluding hydrogens is 444 g/mol. The lowest BCUT2D eigenvalue weighted by Crippen LogP contribution is -2.54. The first-order valence-corrected chi connectivity index (χ1v) is 14.5. The third kappa shape index (κ3) is 5.11. The predicted octanol–water partition coefficient (Wildman–Crippen LogP) is 5.30. The SMILES string of the molecule is CCc1cc2c(s1)CCO[C@@]21CCN(CC2CC(NC(=O)C3CCOC(C)(C)CC3)C2)[C@@H](C)C1.[HH]. The van der Waals surface area contributed by atoms with Gasteiger partial charge >= 0.3 is 0 Å². The fraction of sp³-hybridized carbons (Fsp3) is 0.821. The topological polar surface area (TPSA) is 50.8 Å². The van der Waals surface area contributed by atoms with Crippen LogP contribution in [-0.2, 0) is 32.7 Å². The maximum atomic E-state index is 12.8. The van der Waals surface area contributed by atoms with E-state index < -0.39 is 0 Å². The summed E-state index contributed by atoms with van der Waals surface area (Å²) >= 11 is 2.01. The molecule has 0 radical (unpaired) electrons. The van der Waals surface area contributed by atoms with Crippen molar-refractivity contribution in [3.63, 3.8) is 0 Å². The van der Waals surface area contributed by atoms with Gasteiger partial charge in [0, 0.05) is 55.3 Å². The van der Waals surface area contributed by atoms with Crippen LogP contribution < -0.4 is 5.32 Å². The lowest BCUT2D eigenvalue weighted by Gasteiger charge is -2.49. The Balaban J connectivity index is 0.00000289. The van der Waals surface area contributed by atoms with E-state index in [9.17, 15) is 4.79 Å². The fourth-order valence-corrected chi connectivity index (χ4v) is 7.86. The molecule has 6 heteroatoms. The molecule has 3 atom stereocenters. The molecule has 3 fully saturated rings. The van der Waals surface area contributed by atoms with Crippen molar-refractivity contribution in [2.24, 2.45) is 11.8 Å². The minimum atomic E-state index is -0.0910. The van der Waals surface area contributed by atoms with E-state index in [1.807, 2.05) is 11.3 Å². The van der Waals surface area contributed by atoms with Crippen molar-refractivity contribution in [3.8, 4) is 0 Å². The Morgan fingerprint density at radius 3 is 2.82 bits per heavy atom. The van der Waals surface area contributed by atoms with E-state index in [0.717, 1.165) is 77.5 Å². The van der Waals surface area contributed by atoms with Gasteiger partial charge in [0.25, 0.3) is 0 Å². The van der Waals surface area contributed by atoms with E-state index in [1.165, 1.54) is 10.4 Å². The third-order valence-corrected chi connectivity index (χ3v) is 10.3. The zero-order valence-electron chi connectivity index (χ0n) is 21.7. The zero-order valence-corrected chi connectivity index (χ0v) is 22.5. The van der Waals surface area contributed by atoms with Crippen LogP contribution in [0.5, 0.6) is 0 Å². The molecule has 1 spiro atoms. The van der Waals surface area contributed by atoms with Gasteiger partial charge in [-0.1, -0.05) is 6.92 Å². The van der Waals surface area contributed by atoms with Crippen LogP contribution in [0.4, 0.5) is 0 Å². The highest BCUT2D eigenvalue weighted by molar-refractivity contribution is 7.12. The standard InChI is InChI=1S/C28H44N2O3S.H2/c1-5-23-16-24-25(34-23)8-13-33-28(24)10-11-30(19(2)17-28)18-20-14-22(15-20)29-26(31)21-6-9-27(3,4)32-12-7-21;/h16,19-22H,5-15,17-18H2,1-4H3,(H,29,31);1H/t19-,20?,21?,22?,28+;/m0./s1. The fourth-order valence-electron chi connectivity index (χ4n) is 6.68. The first-order valence-electron chi connectivity index (χ1n) is 13.7. The van der Waals surface area contributed by atoms with Crippen LogP contribution in [0, 0.1) is 11.8 Å². The summed E-state index contributed by atoms with van der Waals surface area (Å²) in [7, 11) is 0. The monoisotopic (exact) mass is 490 g/mol. The van der Waals surface area contributed by atoms with Gasteiger partial charge in [-0.15, -0.1) is 11.3 Å². The van der Waals surface area contributed by atoms with Gasteiger partial charge in [0.05, 0.1) is 17.8 Å². The lowest BCUT2D eigenvalue weighted by atomic mass is 9.76. The summed E-state index contributed by atoms with van der Waals surface area (Å²) in [6, 6.07) is 3.35. The van der Waals surface area contributed by atoms with Crippen LogP contribution in [0.1, 0.15) is 89.4 Å². The Kier molecular flexibility index (Phi) is 7.15. The minimum absolute atomic E-state index is 0. The third-order valence-electron chi connectivity index (χ3n) is 8.96. The molecule has 0 bridgehead atoms. The van der Waals surface area contributed by atoms with Gasteiger partial charge in [-0.25, -0.2) is 0 Å². The van der Waals surface area contributed by atoms with Crippen molar-refractivity contribution in [1.29, 1.82) is 0 Å². The molecule has 1 N–H and O–H groups in total. The van der Waals surface area contributed by atoms with E-state index in [1.54, 1.807) is 4.88 Å². The van der Waals surface area contributed by atoms with E-state index in [-0.39, 0.29) is 24.5 Å². The largest absolute Gasteiger partial charge is 0.376 e. The maximum absolute atomic E-state index is 12.8. The predicted molar refractivity (Wildman–Crippen MR) is 139 cm³/mol. The molecule has 192 valence electrons. The molecule has 1 unspecified atom stereocenters. The summed E-state index contributed by atoms with van der Waals surface area (Å²) in [4.78, 5) is 18.6. The van der Waals surface area contributed by atoms with E-state index in [2.05, 4.69) is 44.0 Å². The van der Waals surface area contributed by atoms with Gasteiger partial charge in [-0.3, -0.25) is 4.79 Å². The second-order valence-electron chi connectivity index (χ2n) is 12.0. The van der Waals surface area contributed by atoms with E-state index in [4.69, 9.17) is 9.47 Å². The maximum Gasteiger partial charge on any atom is 0.223 e. The average molecular weight is 491 g/mol. The summed E-state index contributed by atoms with van der Waals surface area (Å²) in [6.07, 6.45) is 9.43. The van der Waals surface area contributed by atoms with Crippen molar-refractivity contribution in [2.75, 3.05) is 26.3 Å². The number of piperidine rings is 1. The number of ether oxygens (including phenoxy) is 2. The second-order valence-corrected chi connectivity index (χ2v) is 13.2. The molecular formula is C28H46N2O3S.